The Kier molecular flexibility index (Phi) is 5.60. The van der Waals surface area contributed by atoms with Crippen molar-refractivity contribution in [3.05, 3.63) is 76.8 Å². The summed E-state index contributed by atoms with van der Waals surface area (Å²) in [4.78, 5) is 16.1. The molecule has 1 aromatic heterocycles. The second-order valence-electron chi connectivity index (χ2n) is 5.85. The summed E-state index contributed by atoms with van der Waals surface area (Å²) in [6, 6.07) is 15.9. The van der Waals surface area contributed by atoms with Crippen LogP contribution in [0, 0.1) is 0 Å². The molecule has 0 aliphatic rings. The van der Waals surface area contributed by atoms with Crippen LogP contribution < -0.4 is 5.32 Å². The maximum atomic E-state index is 12.2. The van der Waals surface area contributed by atoms with Crippen molar-refractivity contribution >= 4 is 21.8 Å². The molecule has 0 spiro atoms. The van der Waals surface area contributed by atoms with Gasteiger partial charge in [0.15, 0.2) is 0 Å². The fraction of sp³-hybridized carbons (Fsp3) is 0.211. The van der Waals surface area contributed by atoms with Crippen LogP contribution in [0.1, 0.15) is 30.5 Å². The summed E-state index contributed by atoms with van der Waals surface area (Å²) in [5, 5.41) is 7.15. The molecule has 1 atom stereocenters. The molecule has 0 radical (unpaired) electrons. The van der Waals surface area contributed by atoms with E-state index in [0.717, 1.165) is 27.7 Å². The number of benzene rings is 2. The lowest BCUT2D eigenvalue weighted by atomic mass is 10.1. The fourth-order valence-corrected chi connectivity index (χ4v) is 3.05. The lowest BCUT2D eigenvalue weighted by Gasteiger charge is -2.15. The lowest BCUT2D eigenvalue weighted by molar-refractivity contribution is -0.121. The molecule has 1 N–H and O–H groups in total. The van der Waals surface area contributed by atoms with Crippen LogP contribution >= 0.6 is 15.9 Å². The third-order valence-corrected chi connectivity index (χ3v) is 4.48. The van der Waals surface area contributed by atoms with E-state index in [2.05, 4.69) is 31.3 Å². The average Bonchev–Trinajstić information content (AvgIpc) is 3.15. The first kappa shape index (κ1) is 17.4. The molecule has 5 nitrogen and oxygen atoms in total. The van der Waals surface area contributed by atoms with Crippen molar-refractivity contribution in [1.82, 2.24) is 20.1 Å². The number of aromatic nitrogens is 3. The van der Waals surface area contributed by atoms with E-state index in [-0.39, 0.29) is 11.9 Å². The molecule has 2 aromatic carbocycles. The Bertz CT molecular complexity index is 831. The molecular formula is C19H19BrN4O. The first-order valence-corrected chi connectivity index (χ1v) is 8.90. The SMILES string of the molecule is CC(NC(=O)CCc1cccc(Br)c1)c1ccc(-n2cncn2)cc1. The molecule has 0 aliphatic heterocycles. The number of carbonyl (C=O) groups is 1. The monoisotopic (exact) mass is 398 g/mol. The second-order valence-corrected chi connectivity index (χ2v) is 6.77. The summed E-state index contributed by atoms with van der Waals surface area (Å²) in [6.07, 6.45) is 4.35. The Morgan fingerprint density at radius 2 is 2.04 bits per heavy atom. The van der Waals surface area contributed by atoms with Crippen molar-refractivity contribution in [3.8, 4) is 5.69 Å². The smallest absolute Gasteiger partial charge is 0.220 e. The predicted octanol–water partition coefficient (Wildman–Crippen LogP) is 3.84. The summed E-state index contributed by atoms with van der Waals surface area (Å²) in [7, 11) is 0. The maximum Gasteiger partial charge on any atom is 0.220 e. The molecule has 25 heavy (non-hydrogen) atoms. The number of halogens is 1. The van der Waals surface area contributed by atoms with Crippen LogP contribution in [-0.4, -0.2) is 20.7 Å². The predicted molar refractivity (Wildman–Crippen MR) is 100 cm³/mol. The summed E-state index contributed by atoms with van der Waals surface area (Å²) in [6.45, 7) is 1.99. The number of amides is 1. The highest BCUT2D eigenvalue weighted by Crippen LogP contribution is 2.16. The second kappa shape index (κ2) is 8.07. The molecule has 0 fully saturated rings. The molecule has 3 aromatic rings. The highest BCUT2D eigenvalue weighted by atomic mass is 79.9. The van der Waals surface area contributed by atoms with Gasteiger partial charge in [-0.3, -0.25) is 4.79 Å². The average molecular weight is 399 g/mol. The van der Waals surface area contributed by atoms with E-state index < -0.39 is 0 Å². The van der Waals surface area contributed by atoms with E-state index in [1.165, 1.54) is 6.33 Å². The molecule has 6 heteroatoms. The zero-order valence-corrected chi connectivity index (χ0v) is 15.5. The van der Waals surface area contributed by atoms with Gasteiger partial charge < -0.3 is 5.32 Å². The van der Waals surface area contributed by atoms with Gasteiger partial charge in [-0.05, 0) is 48.7 Å². The van der Waals surface area contributed by atoms with Gasteiger partial charge in [-0.2, -0.15) is 5.10 Å². The maximum absolute atomic E-state index is 12.2. The summed E-state index contributed by atoms with van der Waals surface area (Å²) < 4.78 is 2.73. The van der Waals surface area contributed by atoms with Crippen molar-refractivity contribution in [3.63, 3.8) is 0 Å². The summed E-state index contributed by atoms with van der Waals surface area (Å²) in [5.74, 6) is 0.0489. The Labute approximate surface area is 155 Å². The molecule has 128 valence electrons. The van der Waals surface area contributed by atoms with Gasteiger partial charge in [0.2, 0.25) is 5.91 Å². The molecule has 3 rings (SSSR count). The van der Waals surface area contributed by atoms with Gasteiger partial charge in [0.1, 0.15) is 12.7 Å². The number of rotatable bonds is 6. The molecule has 0 saturated heterocycles. The van der Waals surface area contributed by atoms with Crippen LogP contribution in [0.3, 0.4) is 0 Å². The fourth-order valence-electron chi connectivity index (χ4n) is 2.60. The molecular weight excluding hydrogens is 380 g/mol. The summed E-state index contributed by atoms with van der Waals surface area (Å²) in [5.41, 5.74) is 3.14. The van der Waals surface area contributed by atoms with E-state index in [4.69, 9.17) is 0 Å². The molecule has 1 heterocycles. The molecule has 0 saturated carbocycles. The molecule has 1 unspecified atom stereocenters. The van der Waals surface area contributed by atoms with Gasteiger partial charge in [-0.1, -0.05) is 40.2 Å². The quantitative estimate of drug-likeness (QED) is 0.685. The number of carbonyl (C=O) groups excluding carboxylic acids is 1. The molecule has 1 amide bonds. The van der Waals surface area contributed by atoms with Gasteiger partial charge in [-0.25, -0.2) is 9.67 Å². The first-order chi connectivity index (χ1) is 12.1. The topological polar surface area (TPSA) is 59.8 Å². The van der Waals surface area contributed by atoms with Gasteiger partial charge in [0.25, 0.3) is 0 Å². The Hall–Kier alpha value is -2.47. The van der Waals surface area contributed by atoms with Gasteiger partial charge in [0.05, 0.1) is 11.7 Å². The number of nitrogens with one attached hydrogen (secondary N) is 1. The van der Waals surface area contributed by atoms with Crippen molar-refractivity contribution in [2.75, 3.05) is 0 Å². The highest BCUT2D eigenvalue weighted by Gasteiger charge is 2.10. The number of nitrogens with zero attached hydrogens (tertiary/aromatic N) is 3. The minimum absolute atomic E-state index is 0.0418. The Morgan fingerprint density at radius 1 is 1.24 bits per heavy atom. The minimum Gasteiger partial charge on any atom is -0.350 e. The normalized spacial score (nSPS) is 11.9. The first-order valence-electron chi connectivity index (χ1n) is 8.10. The summed E-state index contributed by atoms with van der Waals surface area (Å²) >= 11 is 3.45. The van der Waals surface area contributed by atoms with Crippen LogP contribution in [0.15, 0.2) is 65.7 Å². The van der Waals surface area contributed by atoms with Crippen LogP contribution in [0.4, 0.5) is 0 Å². The Balaban J connectivity index is 1.54. The van der Waals surface area contributed by atoms with Gasteiger partial charge in [-0.15, -0.1) is 0 Å². The highest BCUT2D eigenvalue weighted by molar-refractivity contribution is 9.10. The zero-order valence-electron chi connectivity index (χ0n) is 13.9. The van der Waals surface area contributed by atoms with E-state index in [1.54, 1.807) is 11.0 Å². The molecule has 0 aliphatic carbocycles. The molecule has 0 bridgehead atoms. The van der Waals surface area contributed by atoms with Crippen molar-refractivity contribution < 1.29 is 4.79 Å². The third-order valence-electron chi connectivity index (χ3n) is 3.98. The lowest BCUT2D eigenvalue weighted by Crippen LogP contribution is -2.26. The standard InChI is InChI=1S/C19H19BrN4O/c1-14(16-6-8-18(9-7-16)24-13-21-12-22-24)23-19(25)10-5-15-3-2-4-17(20)11-15/h2-4,6-9,11-14H,5,10H2,1H3,(H,23,25). The van der Waals surface area contributed by atoms with Crippen LogP contribution in [-0.2, 0) is 11.2 Å². The number of hydrogen-bond acceptors (Lipinski definition) is 3. The van der Waals surface area contributed by atoms with E-state index in [9.17, 15) is 4.79 Å². The van der Waals surface area contributed by atoms with E-state index in [0.29, 0.717) is 6.42 Å². The zero-order chi connectivity index (χ0) is 17.6. The largest absolute Gasteiger partial charge is 0.350 e. The van der Waals surface area contributed by atoms with Crippen molar-refractivity contribution in [1.29, 1.82) is 0 Å². The third kappa shape index (κ3) is 4.76. The number of hydrogen-bond donors (Lipinski definition) is 1. The van der Waals surface area contributed by atoms with Crippen LogP contribution in [0.5, 0.6) is 0 Å². The minimum atomic E-state index is -0.0418. The van der Waals surface area contributed by atoms with Crippen LogP contribution in [0.25, 0.3) is 5.69 Å². The van der Waals surface area contributed by atoms with E-state index >= 15 is 0 Å². The number of aryl methyl sites for hydroxylation is 1. The van der Waals surface area contributed by atoms with E-state index in [1.807, 2.05) is 55.5 Å². The Morgan fingerprint density at radius 3 is 2.72 bits per heavy atom. The van der Waals surface area contributed by atoms with Crippen LogP contribution in [0.2, 0.25) is 0 Å². The van der Waals surface area contributed by atoms with Gasteiger partial charge >= 0.3 is 0 Å². The van der Waals surface area contributed by atoms with Crippen molar-refractivity contribution in [2.45, 2.75) is 25.8 Å². The van der Waals surface area contributed by atoms with Gasteiger partial charge in [0, 0.05) is 10.9 Å². The van der Waals surface area contributed by atoms with Crippen molar-refractivity contribution in [2.24, 2.45) is 0 Å².